The highest BCUT2D eigenvalue weighted by Crippen LogP contribution is 2.31. The van der Waals surface area contributed by atoms with Gasteiger partial charge in [0.25, 0.3) is 0 Å². The van der Waals surface area contributed by atoms with Gasteiger partial charge in [0.05, 0.1) is 21.3 Å². The number of aryl methyl sites for hydroxylation is 1. The Bertz CT molecular complexity index is 1700. The molecule has 0 bridgehead atoms. The third-order valence-corrected chi connectivity index (χ3v) is 8.16. The molecule has 0 fully saturated rings. The van der Waals surface area contributed by atoms with E-state index in [1.165, 1.54) is 0 Å². The molecule has 0 spiro atoms. The van der Waals surface area contributed by atoms with E-state index in [4.69, 9.17) is 0 Å². The number of nitrogens with zero attached hydrogens (tertiary/aromatic N) is 3. The van der Waals surface area contributed by atoms with Crippen LogP contribution in [0.1, 0.15) is 23.6 Å². The molecule has 194 valence electrons. The Labute approximate surface area is 229 Å². The second-order valence-electron chi connectivity index (χ2n) is 8.77. The number of hydrogen-bond donors (Lipinski definition) is 3. The lowest BCUT2D eigenvalue weighted by molar-refractivity contribution is 0.477. The zero-order valence-electron chi connectivity index (χ0n) is 20.6. The first kappa shape index (κ1) is 25.9. The number of para-hydroxylation sites is 1. The zero-order valence-corrected chi connectivity index (χ0v) is 23.0. The Kier molecular flexibility index (Phi) is 7.46. The molecular weight excluding hydrogens is 566 g/mol. The van der Waals surface area contributed by atoms with Gasteiger partial charge in [0.1, 0.15) is 11.6 Å². The lowest BCUT2D eigenvalue weighted by Gasteiger charge is -2.13. The number of sulfonamides is 1. The predicted molar refractivity (Wildman–Crippen MR) is 151 cm³/mol. The van der Waals surface area contributed by atoms with Gasteiger partial charge in [-0.1, -0.05) is 55.5 Å². The average Bonchev–Trinajstić information content (AvgIpc) is 3.31. The summed E-state index contributed by atoms with van der Waals surface area (Å²) >= 11 is 3.50. The molecule has 3 aromatic carbocycles. The highest BCUT2D eigenvalue weighted by molar-refractivity contribution is 9.10. The van der Waals surface area contributed by atoms with E-state index in [2.05, 4.69) is 36.1 Å². The first-order valence-corrected chi connectivity index (χ1v) is 14.3. The molecule has 0 aliphatic heterocycles. The third-order valence-electron chi connectivity index (χ3n) is 6.18. The van der Waals surface area contributed by atoms with Gasteiger partial charge in [-0.25, -0.2) is 18.1 Å². The zero-order chi connectivity index (χ0) is 26.7. The summed E-state index contributed by atoms with van der Waals surface area (Å²) in [6.07, 6.45) is 2.53. The Hall–Kier alpha value is -3.73. The SMILES string of the molecule is CCc1ccc(S(=O)(=O)NCc2cccc(CNc3cc(-c4ccccc4O)nc4c(Br)cnn34)c2)cc1. The minimum Gasteiger partial charge on any atom is -0.507 e. The van der Waals surface area contributed by atoms with Gasteiger partial charge >= 0.3 is 0 Å². The van der Waals surface area contributed by atoms with Gasteiger partial charge < -0.3 is 10.4 Å². The molecule has 38 heavy (non-hydrogen) atoms. The summed E-state index contributed by atoms with van der Waals surface area (Å²) < 4.78 is 30.6. The van der Waals surface area contributed by atoms with Crippen LogP contribution in [0.5, 0.6) is 5.75 Å². The van der Waals surface area contributed by atoms with Crippen molar-refractivity contribution in [1.29, 1.82) is 0 Å². The number of benzene rings is 3. The van der Waals surface area contributed by atoms with E-state index in [0.717, 1.165) is 27.6 Å². The average molecular weight is 593 g/mol. The summed E-state index contributed by atoms with van der Waals surface area (Å²) in [5.41, 5.74) is 4.73. The summed E-state index contributed by atoms with van der Waals surface area (Å²) in [5.74, 6) is 0.836. The maximum absolute atomic E-state index is 12.7. The minimum atomic E-state index is -3.62. The molecule has 0 amide bonds. The molecule has 0 aliphatic rings. The molecule has 5 aromatic rings. The van der Waals surface area contributed by atoms with Crippen LogP contribution in [0.4, 0.5) is 5.82 Å². The molecule has 8 nitrogen and oxygen atoms in total. The van der Waals surface area contributed by atoms with Gasteiger partial charge in [0.2, 0.25) is 10.0 Å². The van der Waals surface area contributed by atoms with E-state index in [0.29, 0.717) is 29.3 Å². The van der Waals surface area contributed by atoms with Crippen LogP contribution in [0, 0.1) is 0 Å². The quantitative estimate of drug-likeness (QED) is 0.208. The van der Waals surface area contributed by atoms with Crippen molar-refractivity contribution in [3.8, 4) is 17.0 Å². The van der Waals surface area contributed by atoms with Gasteiger partial charge in [-0.05, 0) is 63.3 Å². The van der Waals surface area contributed by atoms with Crippen molar-refractivity contribution in [3.63, 3.8) is 0 Å². The molecule has 2 heterocycles. The number of phenols is 1. The molecule has 0 saturated heterocycles. The van der Waals surface area contributed by atoms with Gasteiger partial charge in [-0.15, -0.1) is 0 Å². The Balaban J connectivity index is 1.33. The lowest BCUT2D eigenvalue weighted by Crippen LogP contribution is -2.23. The number of rotatable bonds is 9. The standard InChI is InChI=1S/C28H26BrN5O3S/c1-2-19-10-12-22(13-11-19)38(36,37)32-17-21-7-5-6-20(14-21)16-30-27-15-25(23-8-3-4-9-26(23)35)33-28-24(29)18-31-34(27)28/h3-15,18,30,32,35H,2,16-17H2,1H3. The summed E-state index contributed by atoms with van der Waals surface area (Å²) in [6, 6.07) is 23.5. The highest BCUT2D eigenvalue weighted by Gasteiger charge is 2.15. The molecule has 0 unspecified atom stereocenters. The second-order valence-corrected chi connectivity index (χ2v) is 11.4. The summed E-state index contributed by atoms with van der Waals surface area (Å²) in [7, 11) is -3.62. The van der Waals surface area contributed by atoms with E-state index >= 15 is 0 Å². The number of phenolic OH excluding ortho intramolecular Hbond substituents is 1. The molecular formula is C28H26BrN5O3S. The fourth-order valence-corrected chi connectivity index (χ4v) is 5.46. The maximum Gasteiger partial charge on any atom is 0.240 e. The molecule has 2 aromatic heterocycles. The molecule has 5 rings (SSSR count). The van der Waals surface area contributed by atoms with Crippen molar-refractivity contribution >= 4 is 37.4 Å². The largest absolute Gasteiger partial charge is 0.507 e. The van der Waals surface area contributed by atoms with Crippen molar-refractivity contribution in [2.75, 3.05) is 5.32 Å². The fraction of sp³-hybridized carbons (Fsp3) is 0.143. The minimum absolute atomic E-state index is 0.141. The van der Waals surface area contributed by atoms with E-state index in [9.17, 15) is 13.5 Å². The Morgan fingerprint density at radius 1 is 0.921 bits per heavy atom. The van der Waals surface area contributed by atoms with Crippen molar-refractivity contribution in [1.82, 2.24) is 19.3 Å². The Morgan fingerprint density at radius 3 is 2.39 bits per heavy atom. The Morgan fingerprint density at radius 2 is 1.66 bits per heavy atom. The van der Waals surface area contributed by atoms with Crippen LogP contribution >= 0.6 is 15.9 Å². The molecule has 0 radical (unpaired) electrons. The number of halogens is 1. The number of hydrogen-bond acceptors (Lipinski definition) is 6. The monoisotopic (exact) mass is 591 g/mol. The van der Waals surface area contributed by atoms with Crippen LogP contribution in [0.3, 0.4) is 0 Å². The van der Waals surface area contributed by atoms with Gasteiger partial charge in [-0.3, -0.25) is 0 Å². The molecule has 0 saturated carbocycles. The topological polar surface area (TPSA) is 109 Å². The third kappa shape index (κ3) is 5.57. The van der Waals surface area contributed by atoms with E-state index in [-0.39, 0.29) is 17.2 Å². The van der Waals surface area contributed by atoms with E-state index in [1.807, 2.05) is 61.5 Å². The van der Waals surface area contributed by atoms with Gasteiger partial charge in [-0.2, -0.15) is 9.61 Å². The number of anilines is 1. The van der Waals surface area contributed by atoms with Crippen molar-refractivity contribution in [2.24, 2.45) is 0 Å². The molecule has 0 atom stereocenters. The van der Waals surface area contributed by atoms with E-state index in [1.54, 1.807) is 35.0 Å². The van der Waals surface area contributed by atoms with Crippen LogP contribution in [-0.2, 0) is 29.5 Å². The first-order chi connectivity index (χ1) is 18.3. The van der Waals surface area contributed by atoms with Gasteiger partial charge in [0, 0.05) is 24.7 Å². The van der Waals surface area contributed by atoms with Crippen molar-refractivity contribution in [2.45, 2.75) is 31.3 Å². The number of nitrogens with one attached hydrogen (secondary N) is 2. The van der Waals surface area contributed by atoms with Crippen LogP contribution in [-0.4, -0.2) is 28.1 Å². The second kappa shape index (κ2) is 10.9. The van der Waals surface area contributed by atoms with Crippen LogP contribution in [0.25, 0.3) is 16.9 Å². The maximum atomic E-state index is 12.7. The fourth-order valence-electron chi connectivity index (χ4n) is 4.10. The van der Waals surface area contributed by atoms with Gasteiger partial charge in [0.15, 0.2) is 5.65 Å². The van der Waals surface area contributed by atoms with Crippen LogP contribution < -0.4 is 10.0 Å². The lowest BCUT2D eigenvalue weighted by atomic mass is 10.1. The highest BCUT2D eigenvalue weighted by atomic mass is 79.9. The van der Waals surface area contributed by atoms with Crippen LogP contribution in [0.2, 0.25) is 0 Å². The van der Waals surface area contributed by atoms with Crippen molar-refractivity contribution < 1.29 is 13.5 Å². The molecule has 10 heteroatoms. The van der Waals surface area contributed by atoms with E-state index < -0.39 is 10.0 Å². The summed E-state index contributed by atoms with van der Waals surface area (Å²) in [5, 5.41) is 18.2. The number of fused-ring (bicyclic) bond motifs is 1. The number of aromatic nitrogens is 3. The van der Waals surface area contributed by atoms with Crippen molar-refractivity contribution in [3.05, 3.63) is 106 Å². The normalized spacial score (nSPS) is 11.6. The summed E-state index contributed by atoms with van der Waals surface area (Å²) in [6.45, 7) is 2.67. The molecule has 3 N–H and O–H groups in total. The smallest absolute Gasteiger partial charge is 0.240 e. The van der Waals surface area contributed by atoms with Crippen LogP contribution in [0.15, 0.2) is 94.4 Å². The summed E-state index contributed by atoms with van der Waals surface area (Å²) in [4.78, 5) is 4.92. The number of aromatic hydroxyl groups is 1. The molecule has 0 aliphatic carbocycles. The predicted octanol–water partition coefficient (Wildman–Crippen LogP) is 5.52. The first-order valence-electron chi connectivity index (χ1n) is 12.1.